The summed E-state index contributed by atoms with van der Waals surface area (Å²) in [4.78, 5) is 16.1. The van der Waals surface area contributed by atoms with E-state index in [1.54, 1.807) is 6.07 Å². The molecule has 5 nitrogen and oxygen atoms in total. The third-order valence-electron chi connectivity index (χ3n) is 3.08. The third kappa shape index (κ3) is 2.87. The summed E-state index contributed by atoms with van der Waals surface area (Å²) in [5, 5.41) is 7.55. The molecule has 1 aromatic carbocycles. The van der Waals surface area contributed by atoms with E-state index < -0.39 is 5.97 Å². The molecule has 2 aromatic heterocycles. The van der Waals surface area contributed by atoms with Crippen LogP contribution in [0.15, 0.2) is 36.5 Å². The van der Waals surface area contributed by atoms with Gasteiger partial charge in [-0.25, -0.2) is 9.78 Å². The van der Waals surface area contributed by atoms with E-state index in [1.807, 2.05) is 31.2 Å². The molecule has 106 valence electrons. The van der Waals surface area contributed by atoms with Crippen LogP contribution in [0, 0.1) is 6.92 Å². The number of carbonyl (C=O) groups is 1. The Bertz CT molecular complexity index is 800. The van der Waals surface area contributed by atoms with Gasteiger partial charge in [0.2, 0.25) is 0 Å². The second-order valence-corrected chi connectivity index (χ2v) is 5.04. The maximum Gasteiger partial charge on any atom is 0.356 e. The number of rotatable bonds is 3. The number of aromatic amines is 1. The number of fused-ring (bicyclic) bond motifs is 1. The smallest absolute Gasteiger partial charge is 0.356 e. The van der Waals surface area contributed by atoms with Gasteiger partial charge in [-0.05, 0) is 30.7 Å². The number of aromatic nitrogens is 3. The number of ether oxygens (including phenoxy) is 1. The van der Waals surface area contributed by atoms with E-state index in [1.165, 1.54) is 6.20 Å². The summed E-state index contributed by atoms with van der Waals surface area (Å²) in [6.07, 6.45) is 1.49. The highest BCUT2D eigenvalue weighted by Gasteiger charge is 2.11. The Morgan fingerprint density at radius 2 is 2.19 bits per heavy atom. The van der Waals surface area contributed by atoms with E-state index in [0.29, 0.717) is 16.4 Å². The minimum Gasteiger partial charge on any atom is -0.456 e. The van der Waals surface area contributed by atoms with Crippen LogP contribution < -0.4 is 0 Å². The highest BCUT2D eigenvalue weighted by molar-refractivity contribution is 6.30. The number of aryl methyl sites for hydroxylation is 1. The Hall–Kier alpha value is -2.40. The monoisotopic (exact) mass is 301 g/mol. The van der Waals surface area contributed by atoms with Gasteiger partial charge in [-0.15, -0.1) is 0 Å². The fourth-order valence-electron chi connectivity index (χ4n) is 1.99. The molecule has 2 heterocycles. The molecule has 0 fully saturated rings. The summed E-state index contributed by atoms with van der Waals surface area (Å²) >= 11 is 6.14. The van der Waals surface area contributed by atoms with Crippen LogP contribution in [-0.4, -0.2) is 21.2 Å². The van der Waals surface area contributed by atoms with E-state index in [9.17, 15) is 4.79 Å². The first-order valence-corrected chi connectivity index (χ1v) is 6.73. The molecule has 0 aliphatic rings. The lowest BCUT2D eigenvalue weighted by Gasteiger charge is -2.07. The van der Waals surface area contributed by atoms with Crippen molar-refractivity contribution in [3.05, 3.63) is 58.5 Å². The molecule has 0 saturated heterocycles. The van der Waals surface area contributed by atoms with Gasteiger partial charge in [0, 0.05) is 17.1 Å². The van der Waals surface area contributed by atoms with Crippen LogP contribution in [0.3, 0.4) is 0 Å². The molecule has 0 unspecified atom stereocenters. The van der Waals surface area contributed by atoms with Gasteiger partial charge < -0.3 is 4.74 Å². The average molecular weight is 302 g/mol. The summed E-state index contributed by atoms with van der Waals surface area (Å²) in [6, 6.07) is 9.35. The van der Waals surface area contributed by atoms with Crippen LogP contribution in [0.1, 0.15) is 21.6 Å². The molecule has 0 radical (unpaired) electrons. The first-order chi connectivity index (χ1) is 10.1. The highest BCUT2D eigenvalue weighted by atomic mass is 35.5. The maximum atomic E-state index is 11.7. The molecule has 0 atom stereocenters. The molecule has 3 aromatic rings. The first-order valence-electron chi connectivity index (χ1n) is 6.36. The van der Waals surface area contributed by atoms with Gasteiger partial charge in [-0.3, -0.25) is 5.10 Å². The van der Waals surface area contributed by atoms with Gasteiger partial charge in [-0.1, -0.05) is 23.7 Å². The van der Waals surface area contributed by atoms with Gasteiger partial charge in [0.15, 0.2) is 0 Å². The number of benzene rings is 1. The zero-order valence-electron chi connectivity index (χ0n) is 11.3. The quantitative estimate of drug-likeness (QED) is 0.595. The number of hydrogen-bond donors (Lipinski definition) is 1. The Kier molecular flexibility index (Phi) is 3.58. The molecular formula is C15H12ClN3O2. The summed E-state index contributed by atoms with van der Waals surface area (Å²) in [5.41, 5.74) is 2.91. The van der Waals surface area contributed by atoms with Crippen molar-refractivity contribution >= 4 is 28.5 Å². The van der Waals surface area contributed by atoms with Crippen molar-refractivity contribution in [1.29, 1.82) is 0 Å². The number of carbonyl (C=O) groups excluding carboxylic acids is 1. The van der Waals surface area contributed by atoms with Crippen molar-refractivity contribution in [3.8, 4) is 0 Å². The molecule has 0 bridgehead atoms. The molecule has 6 heteroatoms. The predicted octanol–water partition coefficient (Wildman–Crippen LogP) is 3.28. The van der Waals surface area contributed by atoms with Crippen molar-refractivity contribution in [1.82, 2.24) is 15.2 Å². The van der Waals surface area contributed by atoms with Crippen molar-refractivity contribution in [2.75, 3.05) is 0 Å². The second-order valence-electron chi connectivity index (χ2n) is 4.68. The van der Waals surface area contributed by atoms with Gasteiger partial charge in [-0.2, -0.15) is 5.10 Å². The Morgan fingerprint density at radius 3 is 2.95 bits per heavy atom. The molecule has 0 amide bonds. The van der Waals surface area contributed by atoms with E-state index >= 15 is 0 Å². The summed E-state index contributed by atoms with van der Waals surface area (Å²) in [7, 11) is 0. The molecular weight excluding hydrogens is 290 g/mol. The van der Waals surface area contributed by atoms with Gasteiger partial charge in [0.1, 0.15) is 17.5 Å². The lowest BCUT2D eigenvalue weighted by Crippen LogP contribution is -2.06. The van der Waals surface area contributed by atoms with Crippen LogP contribution in [0.2, 0.25) is 5.15 Å². The van der Waals surface area contributed by atoms with Gasteiger partial charge >= 0.3 is 5.97 Å². The lowest BCUT2D eigenvalue weighted by atomic mass is 10.1. The number of nitrogens with one attached hydrogen (secondary N) is 1. The summed E-state index contributed by atoms with van der Waals surface area (Å²) < 4.78 is 5.19. The first kappa shape index (κ1) is 13.6. The van der Waals surface area contributed by atoms with Crippen LogP contribution >= 0.6 is 11.6 Å². The Labute approximate surface area is 125 Å². The molecule has 1 N–H and O–H groups in total. The average Bonchev–Trinajstić information content (AvgIpc) is 2.99. The van der Waals surface area contributed by atoms with Gasteiger partial charge in [0.05, 0.1) is 5.52 Å². The van der Waals surface area contributed by atoms with E-state index in [2.05, 4.69) is 15.2 Å². The number of H-pyrrole nitrogens is 1. The van der Waals surface area contributed by atoms with Crippen molar-refractivity contribution < 1.29 is 9.53 Å². The summed E-state index contributed by atoms with van der Waals surface area (Å²) in [5.74, 6) is -0.479. The number of halogens is 1. The second kappa shape index (κ2) is 5.54. The standard InChI is InChI=1S/C15H12ClN3O2/c1-9-2-3-10-7-11(14(16)18-13(10)6-9)8-21-15(20)12-4-5-17-19-12/h2-7H,8H2,1H3,(H,17,19). The normalized spacial score (nSPS) is 10.8. The summed E-state index contributed by atoms with van der Waals surface area (Å²) in [6.45, 7) is 2.06. The van der Waals surface area contributed by atoms with Crippen molar-refractivity contribution in [3.63, 3.8) is 0 Å². The zero-order valence-corrected chi connectivity index (χ0v) is 12.0. The molecule has 21 heavy (non-hydrogen) atoms. The molecule has 0 saturated carbocycles. The van der Waals surface area contributed by atoms with Crippen LogP contribution in [0.25, 0.3) is 10.9 Å². The largest absolute Gasteiger partial charge is 0.456 e. The van der Waals surface area contributed by atoms with Crippen LogP contribution in [0.5, 0.6) is 0 Å². The molecule has 3 rings (SSSR count). The van der Waals surface area contributed by atoms with Crippen molar-refractivity contribution in [2.24, 2.45) is 0 Å². The number of nitrogens with zero attached hydrogens (tertiary/aromatic N) is 2. The topological polar surface area (TPSA) is 67.9 Å². The van der Waals surface area contributed by atoms with E-state index in [-0.39, 0.29) is 6.61 Å². The zero-order chi connectivity index (χ0) is 14.8. The van der Waals surface area contributed by atoms with Crippen molar-refractivity contribution in [2.45, 2.75) is 13.5 Å². The van der Waals surface area contributed by atoms with E-state index in [4.69, 9.17) is 16.3 Å². The third-order valence-corrected chi connectivity index (χ3v) is 3.41. The Balaban J connectivity index is 1.82. The van der Waals surface area contributed by atoms with Crippen LogP contribution in [0.4, 0.5) is 0 Å². The van der Waals surface area contributed by atoms with E-state index in [0.717, 1.165) is 16.5 Å². The molecule has 0 aliphatic carbocycles. The Morgan fingerprint density at radius 1 is 1.33 bits per heavy atom. The maximum absolute atomic E-state index is 11.7. The number of pyridine rings is 1. The minimum atomic E-state index is -0.479. The van der Waals surface area contributed by atoms with Crippen LogP contribution in [-0.2, 0) is 11.3 Å². The lowest BCUT2D eigenvalue weighted by molar-refractivity contribution is 0.0465. The fraction of sp³-hybridized carbons (Fsp3) is 0.133. The molecule has 0 aliphatic heterocycles. The van der Waals surface area contributed by atoms with Gasteiger partial charge in [0.25, 0.3) is 0 Å². The SMILES string of the molecule is Cc1ccc2cc(COC(=O)c3ccn[nH]3)c(Cl)nc2c1. The number of esters is 1. The molecule has 0 spiro atoms. The minimum absolute atomic E-state index is 0.0630. The predicted molar refractivity (Wildman–Crippen MR) is 79.2 cm³/mol. The number of hydrogen-bond acceptors (Lipinski definition) is 4. The fourth-order valence-corrected chi connectivity index (χ4v) is 2.19. The highest BCUT2D eigenvalue weighted by Crippen LogP contribution is 2.22.